The quantitative estimate of drug-likeness (QED) is 0.489. The molecule has 0 radical (unpaired) electrons. The summed E-state index contributed by atoms with van der Waals surface area (Å²) in [6.45, 7) is 6.98. The lowest BCUT2D eigenvalue weighted by atomic mass is 9.94. The first-order valence-corrected chi connectivity index (χ1v) is 11.5. The zero-order valence-corrected chi connectivity index (χ0v) is 19.7. The summed E-state index contributed by atoms with van der Waals surface area (Å²) in [5, 5.41) is 3.08. The van der Waals surface area contributed by atoms with E-state index in [1.165, 1.54) is 5.56 Å². The Morgan fingerprint density at radius 3 is 2.24 bits per heavy atom. The molecule has 6 nitrogen and oxygen atoms in total. The molecule has 1 aliphatic heterocycles. The summed E-state index contributed by atoms with van der Waals surface area (Å²) in [6, 6.07) is 23.8. The van der Waals surface area contributed by atoms with Gasteiger partial charge in [0.1, 0.15) is 5.54 Å². The molecule has 34 heavy (non-hydrogen) atoms. The number of amides is 2. The minimum Gasteiger partial charge on any atom is -0.350 e. The van der Waals surface area contributed by atoms with Crippen molar-refractivity contribution >= 4 is 22.8 Å². The SMILES string of the molecule is Cc1ccc(CNC(=O)C2(C)Cn3c(nc4ccccc43)C(=O)N2Cc2ccc(C)cc2)cc1. The number of fused-ring (bicyclic) bond motifs is 3. The van der Waals surface area contributed by atoms with Gasteiger partial charge in [-0.05, 0) is 44.0 Å². The van der Waals surface area contributed by atoms with E-state index in [2.05, 4.69) is 10.3 Å². The highest BCUT2D eigenvalue weighted by molar-refractivity contribution is 6.01. The number of nitrogens with one attached hydrogen (secondary N) is 1. The predicted molar refractivity (Wildman–Crippen MR) is 132 cm³/mol. The van der Waals surface area contributed by atoms with Crippen LogP contribution in [0.4, 0.5) is 0 Å². The zero-order valence-electron chi connectivity index (χ0n) is 19.7. The highest BCUT2D eigenvalue weighted by Crippen LogP contribution is 2.32. The first kappa shape index (κ1) is 21.9. The molecule has 1 unspecified atom stereocenters. The lowest BCUT2D eigenvalue weighted by Crippen LogP contribution is -2.63. The maximum absolute atomic E-state index is 13.8. The summed E-state index contributed by atoms with van der Waals surface area (Å²) in [5.74, 6) is -0.0508. The predicted octanol–water partition coefficient (Wildman–Crippen LogP) is 4.38. The molecule has 1 N–H and O–H groups in total. The number of rotatable bonds is 5. The highest BCUT2D eigenvalue weighted by atomic mass is 16.2. The molecule has 0 aliphatic carbocycles. The molecule has 4 aromatic rings. The maximum atomic E-state index is 13.8. The Balaban J connectivity index is 1.51. The standard InChI is InChI=1S/C28H28N4O2/c1-19-8-12-21(13-9-19)16-29-27(34)28(3)18-31-24-7-5-4-6-23(24)30-25(31)26(33)32(28)17-22-14-10-20(2)11-15-22/h4-15H,16-18H2,1-3H3,(H,29,34). The molecular formula is C28H28N4O2. The Morgan fingerprint density at radius 2 is 1.56 bits per heavy atom. The topological polar surface area (TPSA) is 67.2 Å². The Morgan fingerprint density at radius 1 is 0.941 bits per heavy atom. The monoisotopic (exact) mass is 452 g/mol. The van der Waals surface area contributed by atoms with E-state index < -0.39 is 5.54 Å². The van der Waals surface area contributed by atoms with E-state index in [0.29, 0.717) is 25.5 Å². The molecule has 1 aromatic heterocycles. The van der Waals surface area contributed by atoms with Crippen molar-refractivity contribution in [1.29, 1.82) is 0 Å². The molecule has 5 rings (SSSR count). The van der Waals surface area contributed by atoms with Crippen LogP contribution in [0.1, 0.15) is 39.8 Å². The fraction of sp³-hybridized carbons (Fsp3) is 0.250. The second-order valence-electron chi connectivity index (χ2n) is 9.33. The molecule has 2 amide bonds. The first-order valence-electron chi connectivity index (χ1n) is 11.5. The van der Waals surface area contributed by atoms with Crippen LogP contribution in [-0.4, -0.2) is 31.8 Å². The number of hydrogen-bond acceptors (Lipinski definition) is 3. The van der Waals surface area contributed by atoms with Crippen LogP contribution < -0.4 is 5.32 Å². The van der Waals surface area contributed by atoms with Crippen LogP contribution in [0.5, 0.6) is 0 Å². The van der Waals surface area contributed by atoms with Gasteiger partial charge in [-0.15, -0.1) is 0 Å². The van der Waals surface area contributed by atoms with Crippen molar-refractivity contribution in [2.75, 3.05) is 0 Å². The van der Waals surface area contributed by atoms with Crippen molar-refractivity contribution in [3.8, 4) is 0 Å². The zero-order chi connectivity index (χ0) is 23.9. The molecule has 0 saturated heterocycles. The number of carbonyl (C=O) groups excluding carboxylic acids is 2. The lowest BCUT2D eigenvalue weighted by Gasteiger charge is -2.43. The van der Waals surface area contributed by atoms with Gasteiger partial charge in [0.2, 0.25) is 5.91 Å². The van der Waals surface area contributed by atoms with Crippen molar-refractivity contribution in [3.63, 3.8) is 0 Å². The third kappa shape index (κ3) is 3.85. The minimum absolute atomic E-state index is 0.183. The van der Waals surface area contributed by atoms with Crippen LogP contribution in [0.3, 0.4) is 0 Å². The van der Waals surface area contributed by atoms with Gasteiger partial charge in [0.15, 0.2) is 5.82 Å². The van der Waals surface area contributed by atoms with Gasteiger partial charge >= 0.3 is 0 Å². The minimum atomic E-state index is -1.08. The molecule has 172 valence electrons. The van der Waals surface area contributed by atoms with Gasteiger partial charge in [-0.1, -0.05) is 71.8 Å². The van der Waals surface area contributed by atoms with Crippen molar-refractivity contribution < 1.29 is 9.59 Å². The smallest absolute Gasteiger partial charge is 0.291 e. The van der Waals surface area contributed by atoms with E-state index in [1.807, 2.05) is 98.1 Å². The molecule has 1 aliphatic rings. The Kier molecular flexibility index (Phi) is 5.44. The molecule has 6 heteroatoms. The van der Waals surface area contributed by atoms with Gasteiger partial charge in [0.25, 0.3) is 5.91 Å². The number of carbonyl (C=O) groups is 2. The average Bonchev–Trinajstić information content (AvgIpc) is 3.21. The van der Waals surface area contributed by atoms with Crippen molar-refractivity contribution in [1.82, 2.24) is 19.8 Å². The number of imidazole rings is 1. The normalized spacial score (nSPS) is 17.6. The van der Waals surface area contributed by atoms with Crippen LogP contribution in [0, 0.1) is 13.8 Å². The van der Waals surface area contributed by atoms with Crippen LogP contribution in [0.25, 0.3) is 11.0 Å². The van der Waals surface area contributed by atoms with Gasteiger partial charge in [0, 0.05) is 13.1 Å². The average molecular weight is 453 g/mol. The van der Waals surface area contributed by atoms with Gasteiger partial charge in [-0.25, -0.2) is 4.98 Å². The van der Waals surface area contributed by atoms with Gasteiger partial charge in [0.05, 0.1) is 17.6 Å². The molecule has 0 fully saturated rings. The van der Waals surface area contributed by atoms with E-state index in [4.69, 9.17) is 0 Å². The van der Waals surface area contributed by atoms with Crippen molar-refractivity contribution in [2.24, 2.45) is 0 Å². The maximum Gasteiger partial charge on any atom is 0.291 e. The second-order valence-corrected chi connectivity index (χ2v) is 9.33. The molecule has 0 spiro atoms. The Hall–Kier alpha value is -3.93. The molecule has 3 aromatic carbocycles. The summed E-state index contributed by atoms with van der Waals surface area (Å²) >= 11 is 0. The number of nitrogens with zero attached hydrogens (tertiary/aromatic N) is 3. The Labute approximate surface area is 199 Å². The number of para-hydroxylation sites is 2. The lowest BCUT2D eigenvalue weighted by molar-refractivity contribution is -0.133. The number of benzene rings is 3. The largest absolute Gasteiger partial charge is 0.350 e. The third-order valence-corrected chi connectivity index (χ3v) is 6.68. The summed E-state index contributed by atoms with van der Waals surface area (Å²) in [5.41, 5.74) is 4.84. The van der Waals surface area contributed by atoms with Crippen LogP contribution in [0.2, 0.25) is 0 Å². The first-order chi connectivity index (χ1) is 16.3. The number of hydrogen-bond donors (Lipinski definition) is 1. The Bertz CT molecular complexity index is 1370. The fourth-order valence-corrected chi connectivity index (χ4v) is 4.53. The number of aromatic nitrogens is 2. The summed E-state index contributed by atoms with van der Waals surface area (Å²) in [4.78, 5) is 33.7. The van der Waals surface area contributed by atoms with Crippen molar-refractivity contribution in [2.45, 2.75) is 45.9 Å². The van der Waals surface area contributed by atoms with E-state index in [0.717, 1.165) is 27.7 Å². The highest BCUT2D eigenvalue weighted by Gasteiger charge is 2.48. The fourth-order valence-electron chi connectivity index (χ4n) is 4.53. The van der Waals surface area contributed by atoms with Crippen molar-refractivity contribution in [3.05, 3.63) is 101 Å². The van der Waals surface area contributed by atoms with Crippen LogP contribution in [0.15, 0.2) is 72.8 Å². The summed E-state index contributed by atoms with van der Waals surface area (Å²) in [7, 11) is 0. The molecule has 2 heterocycles. The van der Waals surface area contributed by atoms with Crippen LogP contribution in [-0.2, 0) is 24.4 Å². The second kappa shape index (κ2) is 8.45. The van der Waals surface area contributed by atoms with Gasteiger partial charge < -0.3 is 14.8 Å². The number of aryl methyl sites for hydroxylation is 2. The van der Waals surface area contributed by atoms with Gasteiger partial charge in [-0.3, -0.25) is 9.59 Å². The van der Waals surface area contributed by atoms with E-state index in [1.54, 1.807) is 4.90 Å². The summed E-state index contributed by atoms with van der Waals surface area (Å²) in [6.07, 6.45) is 0. The molecule has 1 atom stereocenters. The van der Waals surface area contributed by atoms with E-state index in [-0.39, 0.29) is 11.8 Å². The molecule has 0 bridgehead atoms. The third-order valence-electron chi connectivity index (χ3n) is 6.68. The van der Waals surface area contributed by atoms with Crippen LogP contribution >= 0.6 is 0 Å². The molecular weight excluding hydrogens is 424 g/mol. The summed E-state index contributed by atoms with van der Waals surface area (Å²) < 4.78 is 1.88. The van der Waals surface area contributed by atoms with Gasteiger partial charge in [-0.2, -0.15) is 0 Å². The van der Waals surface area contributed by atoms with E-state index in [9.17, 15) is 9.59 Å². The van der Waals surface area contributed by atoms with E-state index >= 15 is 0 Å². The molecule has 0 saturated carbocycles.